The third-order valence-corrected chi connectivity index (χ3v) is 6.49. The van der Waals surface area contributed by atoms with Crippen molar-refractivity contribution < 1.29 is 30.2 Å². The molecule has 0 fully saturated rings. The molecule has 0 unspecified atom stereocenters. The Kier molecular flexibility index (Phi) is 12.2. The smallest absolute Gasteiger partial charge is 0.500 e. The summed E-state index contributed by atoms with van der Waals surface area (Å²) in [4.78, 5) is 0. The van der Waals surface area contributed by atoms with Crippen LogP contribution >= 0.6 is 11.8 Å². The van der Waals surface area contributed by atoms with Crippen molar-refractivity contribution in [2.75, 3.05) is 60.5 Å². The molecule has 0 rings (SSSR count). The van der Waals surface area contributed by atoms with E-state index in [1.54, 1.807) is 21.3 Å². The van der Waals surface area contributed by atoms with Gasteiger partial charge in [-0.05, 0) is 12.2 Å². The Hall–Kier alpha value is 0.697. The molecule has 0 aliphatic carbocycles. The summed E-state index contributed by atoms with van der Waals surface area (Å²) >= 11 is 1.99. The van der Waals surface area contributed by atoms with E-state index >= 15 is 0 Å². The number of hydrogen-bond donors (Lipinski definition) is 0. The Morgan fingerprint density at radius 1 is 0.944 bits per heavy atom. The molecule has 7 heteroatoms. The normalized spacial score (nSPS) is 12.3. The zero-order chi connectivity index (χ0) is 13.4. The molecule has 0 aromatic rings. The van der Waals surface area contributed by atoms with Gasteiger partial charge in [0, 0.05) is 33.1 Å². The number of rotatable bonds is 10. The molecule has 0 N–H and O–H groups in total. The molecule has 0 saturated heterocycles. The monoisotopic (exact) mass is 317 g/mol. The van der Waals surface area contributed by atoms with Crippen molar-refractivity contribution >= 4 is 20.6 Å². The maximum Gasteiger partial charge on any atom is 0.500 e. The second kappa shape index (κ2) is 10.5. The van der Waals surface area contributed by atoms with Gasteiger partial charge in [0.2, 0.25) is 0 Å². The van der Waals surface area contributed by atoms with Crippen LogP contribution in [0.25, 0.3) is 0 Å². The van der Waals surface area contributed by atoms with Crippen LogP contribution in [0.2, 0.25) is 6.04 Å². The molecule has 0 spiro atoms. The zero-order valence-corrected chi connectivity index (χ0v) is 15.1. The molecule has 112 valence electrons. The van der Waals surface area contributed by atoms with E-state index in [9.17, 15) is 0 Å². The minimum atomic E-state index is -2.33. The molecule has 0 amide bonds. The fourth-order valence-corrected chi connectivity index (χ4v) is 4.60. The van der Waals surface area contributed by atoms with Gasteiger partial charge in [-0.1, -0.05) is 0 Å². The van der Waals surface area contributed by atoms with Crippen molar-refractivity contribution in [2.45, 2.75) is 12.5 Å². The highest BCUT2D eigenvalue weighted by Crippen LogP contribution is 2.17. The van der Waals surface area contributed by atoms with Crippen molar-refractivity contribution in [3.8, 4) is 0 Å². The second-order valence-electron chi connectivity index (χ2n) is 5.03. The van der Waals surface area contributed by atoms with Crippen LogP contribution in [0.1, 0.15) is 6.42 Å². The Morgan fingerprint density at radius 3 is 1.83 bits per heavy atom. The Balaban J connectivity index is 0. The van der Waals surface area contributed by atoms with E-state index in [-0.39, 0.29) is 12.4 Å². The van der Waals surface area contributed by atoms with Crippen molar-refractivity contribution in [3.05, 3.63) is 0 Å². The highest BCUT2D eigenvalue weighted by Gasteiger charge is 2.36. The van der Waals surface area contributed by atoms with Crippen LogP contribution in [0.4, 0.5) is 0 Å². The van der Waals surface area contributed by atoms with Crippen molar-refractivity contribution in [3.63, 3.8) is 0 Å². The van der Waals surface area contributed by atoms with E-state index in [0.717, 1.165) is 22.7 Å². The average Bonchev–Trinajstić information content (AvgIpc) is 2.28. The van der Waals surface area contributed by atoms with Crippen LogP contribution in [-0.2, 0) is 13.3 Å². The van der Waals surface area contributed by atoms with E-state index in [2.05, 4.69) is 21.1 Å². The molecule has 0 aliphatic heterocycles. The van der Waals surface area contributed by atoms with Gasteiger partial charge in [0.1, 0.15) is 0 Å². The third-order valence-electron chi connectivity index (χ3n) is 2.61. The van der Waals surface area contributed by atoms with Gasteiger partial charge in [-0.2, -0.15) is 11.8 Å². The quantitative estimate of drug-likeness (QED) is 0.284. The first-order valence-corrected chi connectivity index (χ1v) is 9.01. The van der Waals surface area contributed by atoms with Gasteiger partial charge in [-0.15, -0.1) is 0 Å². The van der Waals surface area contributed by atoms with Crippen molar-refractivity contribution in [1.29, 1.82) is 0 Å². The maximum absolute atomic E-state index is 5.38. The Bertz CT molecular complexity index is 193. The van der Waals surface area contributed by atoms with Gasteiger partial charge >= 0.3 is 8.80 Å². The van der Waals surface area contributed by atoms with Crippen LogP contribution in [-0.4, -0.2) is 73.8 Å². The first-order valence-electron chi connectivity index (χ1n) is 5.93. The molecule has 0 heterocycles. The number of nitrogens with zero attached hydrogens (tertiary/aromatic N) is 1. The minimum absolute atomic E-state index is 0. The predicted octanol–water partition coefficient (Wildman–Crippen LogP) is -1.30. The Morgan fingerprint density at radius 2 is 1.44 bits per heavy atom. The summed E-state index contributed by atoms with van der Waals surface area (Å²) in [6.45, 7) is 1.20. The molecule has 0 aromatic heterocycles. The Labute approximate surface area is 124 Å². The lowest BCUT2D eigenvalue weighted by molar-refractivity contribution is -0.867. The summed E-state index contributed by atoms with van der Waals surface area (Å²) in [6.07, 6.45) is 1.09. The highest BCUT2D eigenvalue weighted by molar-refractivity contribution is 7.99. The lowest BCUT2D eigenvalue weighted by atomic mass is 10.6. The van der Waals surface area contributed by atoms with Gasteiger partial charge in [0.25, 0.3) is 0 Å². The summed E-state index contributed by atoms with van der Waals surface area (Å²) in [7, 11) is 9.34. The lowest BCUT2D eigenvalue weighted by Gasteiger charge is -2.25. The van der Waals surface area contributed by atoms with Gasteiger partial charge in [-0.25, -0.2) is 0 Å². The largest absolute Gasteiger partial charge is 1.00 e. The fraction of sp³-hybridized carbons (Fsp3) is 1.00. The van der Waals surface area contributed by atoms with Crippen molar-refractivity contribution in [1.82, 2.24) is 0 Å². The van der Waals surface area contributed by atoms with E-state index in [1.807, 2.05) is 11.8 Å². The second-order valence-corrected chi connectivity index (χ2v) is 9.34. The van der Waals surface area contributed by atoms with E-state index < -0.39 is 8.80 Å². The third kappa shape index (κ3) is 9.60. The van der Waals surface area contributed by atoms with Crippen LogP contribution < -0.4 is 12.4 Å². The summed E-state index contributed by atoms with van der Waals surface area (Å²) in [5.41, 5.74) is 0. The minimum Gasteiger partial charge on any atom is -1.00 e. The maximum atomic E-state index is 5.38. The molecule has 0 radical (unpaired) electrons. The molecule has 0 atom stereocenters. The number of thioether (sulfide) groups is 1. The molecule has 18 heavy (non-hydrogen) atoms. The van der Waals surface area contributed by atoms with Gasteiger partial charge < -0.3 is 30.2 Å². The first-order chi connectivity index (χ1) is 7.89. The summed E-state index contributed by atoms with van der Waals surface area (Å²) < 4.78 is 17.2. The summed E-state index contributed by atoms with van der Waals surface area (Å²) in [5, 5.41) is 0. The van der Waals surface area contributed by atoms with Gasteiger partial charge in [0.15, 0.2) is 0 Å². The van der Waals surface area contributed by atoms with Gasteiger partial charge in [0.05, 0.1) is 27.7 Å². The van der Waals surface area contributed by atoms with Crippen LogP contribution in [0.15, 0.2) is 0 Å². The number of quaternary nitrogens is 1. The highest BCUT2D eigenvalue weighted by atomic mass is 35.5. The topological polar surface area (TPSA) is 27.7 Å². The van der Waals surface area contributed by atoms with Crippen LogP contribution in [0.3, 0.4) is 0 Å². The average molecular weight is 318 g/mol. The SMILES string of the molecule is CO[Si](CCCSCC[N+](C)(C)C)(OC)OC.[Cl-]. The molecule has 0 saturated carbocycles. The molecule has 0 bridgehead atoms. The lowest BCUT2D eigenvalue weighted by Crippen LogP contribution is -3.00. The van der Waals surface area contributed by atoms with Gasteiger partial charge in [-0.3, -0.25) is 0 Å². The molecule has 0 aliphatic rings. The molecule has 4 nitrogen and oxygen atoms in total. The summed E-state index contributed by atoms with van der Waals surface area (Å²) in [6, 6.07) is 0.897. The standard InChI is InChI=1S/C11H28NO3SSi.ClH/c1-12(2,3)8-10-16-9-7-11-17(13-4,14-5)15-6;/h7-11H2,1-6H3;1H/q+1;/p-1. The fourth-order valence-electron chi connectivity index (χ4n) is 1.39. The number of halogens is 1. The van der Waals surface area contributed by atoms with Crippen LogP contribution in [0, 0.1) is 0 Å². The molecule has 0 aromatic carbocycles. The van der Waals surface area contributed by atoms with Crippen LogP contribution in [0.5, 0.6) is 0 Å². The molecular weight excluding hydrogens is 290 g/mol. The zero-order valence-electron chi connectivity index (χ0n) is 12.5. The summed E-state index contributed by atoms with van der Waals surface area (Å²) in [5.74, 6) is 2.34. The first kappa shape index (κ1) is 21.0. The molecular formula is C11H28ClNO3SSi. The van der Waals surface area contributed by atoms with E-state index in [1.165, 1.54) is 12.3 Å². The van der Waals surface area contributed by atoms with Crippen molar-refractivity contribution in [2.24, 2.45) is 0 Å². The van der Waals surface area contributed by atoms with E-state index in [0.29, 0.717) is 0 Å². The van der Waals surface area contributed by atoms with E-state index in [4.69, 9.17) is 13.3 Å². The number of hydrogen-bond acceptors (Lipinski definition) is 4. The predicted molar refractivity (Wildman–Crippen MR) is 76.4 cm³/mol.